The SMILES string of the molecule is CC(C)[C@H](N)C(=O)N(CC(=O)OC(C)(C)C)c1ccccc1. The van der Waals surface area contributed by atoms with Crippen LogP contribution in [0.4, 0.5) is 5.69 Å². The van der Waals surface area contributed by atoms with E-state index in [2.05, 4.69) is 0 Å². The number of rotatable bonds is 5. The molecule has 0 radical (unpaired) electrons. The number of carbonyl (C=O) groups is 2. The molecule has 0 heterocycles. The van der Waals surface area contributed by atoms with Crippen LogP contribution in [0.25, 0.3) is 0 Å². The molecule has 1 aromatic rings. The van der Waals surface area contributed by atoms with E-state index in [0.29, 0.717) is 5.69 Å². The van der Waals surface area contributed by atoms with E-state index in [-0.39, 0.29) is 18.4 Å². The molecule has 0 aliphatic heterocycles. The monoisotopic (exact) mass is 306 g/mol. The van der Waals surface area contributed by atoms with Crippen LogP contribution in [0.2, 0.25) is 0 Å². The molecule has 22 heavy (non-hydrogen) atoms. The molecule has 0 saturated heterocycles. The lowest BCUT2D eigenvalue weighted by atomic mass is 10.0. The Morgan fingerprint density at radius 2 is 1.73 bits per heavy atom. The molecule has 0 fully saturated rings. The van der Waals surface area contributed by atoms with Crippen molar-refractivity contribution < 1.29 is 14.3 Å². The van der Waals surface area contributed by atoms with Crippen LogP contribution in [0, 0.1) is 5.92 Å². The summed E-state index contributed by atoms with van der Waals surface area (Å²) in [4.78, 5) is 26.0. The van der Waals surface area contributed by atoms with Crippen molar-refractivity contribution in [1.29, 1.82) is 0 Å². The largest absolute Gasteiger partial charge is 0.459 e. The maximum absolute atomic E-state index is 12.6. The van der Waals surface area contributed by atoms with Gasteiger partial charge in [-0.1, -0.05) is 32.0 Å². The van der Waals surface area contributed by atoms with Crippen molar-refractivity contribution in [3.05, 3.63) is 30.3 Å². The van der Waals surface area contributed by atoms with Gasteiger partial charge in [-0.05, 0) is 38.8 Å². The third-order valence-corrected chi connectivity index (χ3v) is 3.04. The van der Waals surface area contributed by atoms with Crippen molar-refractivity contribution >= 4 is 17.6 Å². The van der Waals surface area contributed by atoms with Gasteiger partial charge in [-0.15, -0.1) is 0 Å². The van der Waals surface area contributed by atoms with Gasteiger partial charge in [0, 0.05) is 5.69 Å². The summed E-state index contributed by atoms with van der Waals surface area (Å²) in [6, 6.07) is 8.35. The van der Waals surface area contributed by atoms with Crippen LogP contribution in [0.15, 0.2) is 30.3 Å². The Kier molecular flexibility index (Phi) is 6.11. The van der Waals surface area contributed by atoms with E-state index in [1.54, 1.807) is 32.9 Å². The summed E-state index contributed by atoms with van der Waals surface area (Å²) < 4.78 is 5.31. The summed E-state index contributed by atoms with van der Waals surface area (Å²) in [6.07, 6.45) is 0. The second-order valence-corrected chi connectivity index (χ2v) is 6.62. The molecular formula is C17H26N2O3. The van der Waals surface area contributed by atoms with Crippen molar-refractivity contribution in [2.24, 2.45) is 11.7 Å². The molecular weight excluding hydrogens is 280 g/mol. The molecule has 1 amide bonds. The minimum atomic E-state index is -0.664. The fourth-order valence-electron chi connectivity index (χ4n) is 1.87. The third-order valence-electron chi connectivity index (χ3n) is 3.04. The van der Waals surface area contributed by atoms with Gasteiger partial charge in [-0.3, -0.25) is 14.5 Å². The van der Waals surface area contributed by atoms with Crippen molar-refractivity contribution in [2.45, 2.75) is 46.3 Å². The van der Waals surface area contributed by atoms with Gasteiger partial charge in [-0.2, -0.15) is 0 Å². The number of nitrogens with zero attached hydrogens (tertiary/aromatic N) is 1. The molecule has 0 spiro atoms. The van der Waals surface area contributed by atoms with Crippen LogP contribution in [0.3, 0.4) is 0 Å². The number of benzene rings is 1. The average Bonchev–Trinajstić information content (AvgIpc) is 2.42. The Hall–Kier alpha value is -1.88. The number of ether oxygens (including phenoxy) is 1. The van der Waals surface area contributed by atoms with Crippen molar-refractivity contribution in [1.82, 2.24) is 0 Å². The van der Waals surface area contributed by atoms with Crippen molar-refractivity contribution in [3.8, 4) is 0 Å². The number of amides is 1. The smallest absolute Gasteiger partial charge is 0.326 e. The van der Waals surface area contributed by atoms with Gasteiger partial charge in [0.25, 0.3) is 0 Å². The van der Waals surface area contributed by atoms with Crippen LogP contribution in [-0.4, -0.2) is 30.1 Å². The van der Waals surface area contributed by atoms with Crippen LogP contribution in [-0.2, 0) is 14.3 Å². The highest BCUT2D eigenvalue weighted by Gasteiger charge is 2.28. The molecule has 0 aliphatic carbocycles. The van der Waals surface area contributed by atoms with Crippen molar-refractivity contribution in [3.63, 3.8) is 0 Å². The van der Waals surface area contributed by atoms with Gasteiger partial charge in [0.15, 0.2) is 0 Å². The van der Waals surface area contributed by atoms with Gasteiger partial charge in [-0.25, -0.2) is 0 Å². The Bertz CT molecular complexity index is 506. The quantitative estimate of drug-likeness (QED) is 0.848. The first-order valence-corrected chi connectivity index (χ1v) is 7.45. The molecule has 0 saturated carbocycles. The molecule has 5 heteroatoms. The topological polar surface area (TPSA) is 72.6 Å². The molecule has 1 atom stereocenters. The van der Waals surface area contributed by atoms with Gasteiger partial charge in [0.1, 0.15) is 12.1 Å². The highest BCUT2D eigenvalue weighted by Crippen LogP contribution is 2.17. The highest BCUT2D eigenvalue weighted by atomic mass is 16.6. The first kappa shape index (κ1) is 18.2. The van der Waals surface area contributed by atoms with Gasteiger partial charge in [0.2, 0.25) is 5.91 Å². The zero-order valence-corrected chi connectivity index (χ0v) is 14.0. The van der Waals surface area contributed by atoms with Crippen LogP contribution >= 0.6 is 0 Å². The number of anilines is 1. The highest BCUT2D eigenvalue weighted by molar-refractivity contribution is 6.00. The number of carbonyl (C=O) groups excluding carboxylic acids is 2. The Balaban J connectivity index is 2.98. The average molecular weight is 306 g/mol. The minimum absolute atomic E-state index is 0.0163. The molecule has 1 aromatic carbocycles. The van der Waals surface area contributed by atoms with Gasteiger partial charge < -0.3 is 10.5 Å². The van der Waals surface area contributed by atoms with E-state index in [4.69, 9.17) is 10.5 Å². The number of nitrogens with two attached hydrogens (primary N) is 1. The summed E-state index contributed by atoms with van der Waals surface area (Å²) in [7, 11) is 0. The summed E-state index contributed by atoms with van der Waals surface area (Å²) in [5.41, 5.74) is 6.00. The van der Waals surface area contributed by atoms with Crippen LogP contribution in [0.1, 0.15) is 34.6 Å². The number of hydrogen-bond donors (Lipinski definition) is 1. The van der Waals surface area contributed by atoms with Gasteiger partial charge >= 0.3 is 5.97 Å². The summed E-state index contributed by atoms with van der Waals surface area (Å²) in [5.74, 6) is -0.759. The summed E-state index contributed by atoms with van der Waals surface area (Å²) in [6.45, 7) is 8.97. The first-order valence-electron chi connectivity index (χ1n) is 7.45. The summed E-state index contributed by atoms with van der Waals surface area (Å²) >= 11 is 0. The van der Waals surface area contributed by atoms with Crippen molar-refractivity contribution in [2.75, 3.05) is 11.4 Å². The Morgan fingerprint density at radius 1 is 1.18 bits per heavy atom. The van der Waals surface area contributed by atoms with Gasteiger partial charge in [0.05, 0.1) is 6.04 Å². The Morgan fingerprint density at radius 3 is 2.18 bits per heavy atom. The Labute approximate surface area is 132 Å². The maximum atomic E-state index is 12.6. The zero-order valence-electron chi connectivity index (χ0n) is 14.0. The predicted molar refractivity (Wildman–Crippen MR) is 87.5 cm³/mol. The van der Waals surface area contributed by atoms with Crippen LogP contribution < -0.4 is 10.6 Å². The van der Waals surface area contributed by atoms with E-state index in [1.165, 1.54) is 4.90 Å². The van der Waals surface area contributed by atoms with E-state index in [9.17, 15) is 9.59 Å². The molecule has 0 aliphatic rings. The van der Waals surface area contributed by atoms with E-state index < -0.39 is 17.6 Å². The van der Waals surface area contributed by atoms with Crippen LogP contribution in [0.5, 0.6) is 0 Å². The second-order valence-electron chi connectivity index (χ2n) is 6.62. The van der Waals surface area contributed by atoms with E-state index in [0.717, 1.165) is 0 Å². The van der Waals surface area contributed by atoms with E-state index in [1.807, 2.05) is 32.0 Å². The zero-order chi connectivity index (χ0) is 16.9. The lowest BCUT2D eigenvalue weighted by Gasteiger charge is -2.28. The second kappa shape index (κ2) is 7.40. The molecule has 0 aromatic heterocycles. The normalized spacial score (nSPS) is 12.9. The maximum Gasteiger partial charge on any atom is 0.326 e. The minimum Gasteiger partial charge on any atom is -0.459 e. The molecule has 0 bridgehead atoms. The molecule has 1 rings (SSSR count). The predicted octanol–water partition coefficient (Wildman–Crippen LogP) is 2.34. The number of para-hydroxylation sites is 1. The lowest BCUT2D eigenvalue weighted by molar-refractivity contribution is -0.153. The molecule has 2 N–H and O–H groups in total. The fraction of sp³-hybridized carbons (Fsp3) is 0.529. The van der Waals surface area contributed by atoms with E-state index >= 15 is 0 Å². The first-order chi connectivity index (χ1) is 10.1. The lowest BCUT2D eigenvalue weighted by Crippen LogP contribution is -2.49. The molecule has 122 valence electrons. The summed E-state index contributed by atoms with van der Waals surface area (Å²) in [5, 5.41) is 0. The molecule has 0 unspecified atom stereocenters. The molecule has 5 nitrogen and oxygen atoms in total. The third kappa shape index (κ3) is 5.48. The number of hydrogen-bond acceptors (Lipinski definition) is 4. The fourth-order valence-corrected chi connectivity index (χ4v) is 1.87. The number of esters is 1. The standard InChI is InChI=1S/C17H26N2O3/c1-12(2)15(18)16(21)19(13-9-7-6-8-10-13)11-14(20)22-17(3,4)5/h6-10,12,15H,11,18H2,1-5H3/t15-/m0/s1.